The zero-order valence-electron chi connectivity index (χ0n) is 69.7. The molecule has 2 aliphatic rings. The largest absolute Gasteiger partial charge is 0.481 e. The predicted octanol–water partition coefficient (Wildman–Crippen LogP) is 7.72. The fourth-order valence-electron chi connectivity index (χ4n) is 11.0. The molecule has 2 fully saturated rings. The van der Waals surface area contributed by atoms with Crippen LogP contribution in [0.4, 0.5) is 0 Å². The molecule has 2 saturated heterocycles. The quantitative estimate of drug-likeness (QED) is 0.0448. The number of rotatable bonds is 24. The summed E-state index contributed by atoms with van der Waals surface area (Å²) in [6.07, 6.45) is -0.129. The topological polar surface area (TPSA) is 300 Å². The van der Waals surface area contributed by atoms with Gasteiger partial charge in [-0.1, -0.05) is 30.3 Å². The molecule has 107 heavy (non-hydrogen) atoms. The second kappa shape index (κ2) is 46.2. The Morgan fingerprint density at radius 1 is 0.318 bits per heavy atom. The molecule has 0 unspecified atom stereocenters. The van der Waals surface area contributed by atoms with Gasteiger partial charge in [-0.3, -0.25) is 87.1 Å². The first kappa shape index (κ1) is 101. The Morgan fingerprint density at radius 2 is 0.523 bits per heavy atom. The monoisotopic (exact) mass is 1610 g/mol. The second-order valence-electron chi connectivity index (χ2n) is 35.0. The van der Waals surface area contributed by atoms with Crippen LogP contribution in [0.25, 0.3) is 0 Å². The van der Waals surface area contributed by atoms with E-state index >= 15 is 0 Å². The summed E-state index contributed by atoms with van der Waals surface area (Å²) >= 11 is 0. The van der Waals surface area contributed by atoms with E-state index < -0.39 is 105 Å². The van der Waals surface area contributed by atoms with Crippen LogP contribution in [0.1, 0.15) is 197 Å². The minimum Gasteiger partial charge on any atom is -0.481 e. The number of carboxylic acids is 1. The molecule has 3 rings (SSSR count). The minimum atomic E-state index is -1.04. The number of carbonyl (C=O) groups excluding carboxylic acids is 9. The molecule has 0 bridgehead atoms. The van der Waals surface area contributed by atoms with Crippen molar-refractivity contribution in [3.63, 3.8) is 0 Å². The molecule has 1 aromatic carbocycles. The van der Waals surface area contributed by atoms with Gasteiger partial charge < -0.3 is 55.2 Å². The van der Waals surface area contributed by atoms with Gasteiger partial charge in [-0.25, -0.2) is 0 Å². The molecule has 0 aromatic heterocycles. The first-order valence-electron chi connectivity index (χ1n) is 37.0. The van der Waals surface area contributed by atoms with Gasteiger partial charge in [0.1, 0.15) is 63.5 Å². The molecule has 620 valence electrons. The molecular formula is C78H137N8O20Pd-. The number of nitrogens with zero attached hydrogens (tertiary/aromatic N) is 8. The third-order valence-electron chi connectivity index (χ3n) is 15.1. The van der Waals surface area contributed by atoms with Crippen LogP contribution >= 0.6 is 0 Å². The summed E-state index contributed by atoms with van der Waals surface area (Å²) in [5.41, 5.74) is -4.81. The van der Waals surface area contributed by atoms with E-state index in [0.29, 0.717) is 105 Å². The number of ether oxygens (including phenoxy) is 9. The molecule has 2 aliphatic heterocycles. The maximum Gasteiger partial charge on any atom is 0.323 e. The Balaban J connectivity index is 0.00000208. The number of carbonyl (C=O) groups is 10. The summed E-state index contributed by atoms with van der Waals surface area (Å²) in [7, 11) is 0. The van der Waals surface area contributed by atoms with Crippen molar-refractivity contribution in [1.82, 2.24) is 39.2 Å². The van der Waals surface area contributed by atoms with E-state index in [0.717, 1.165) is 5.56 Å². The maximum absolute atomic E-state index is 14.0. The predicted molar refractivity (Wildman–Crippen MR) is 405 cm³/mol. The Hall–Kier alpha value is -5.74. The Bertz CT molecular complexity index is 2810. The molecule has 2 atom stereocenters. The average molecular weight is 1610 g/mol. The van der Waals surface area contributed by atoms with E-state index in [-0.39, 0.29) is 111 Å². The molecule has 28 nitrogen and oxygen atoms in total. The number of benzene rings is 1. The zero-order chi connectivity index (χ0) is 80.1. The van der Waals surface area contributed by atoms with Gasteiger partial charge >= 0.3 is 59.7 Å². The molecule has 1 aromatic rings. The van der Waals surface area contributed by atoms with Gasteiger partial charge in [-0.15, -0.1) is 0 Å². The summed E-state index contributed by atoms with van der Waals surface area (Å²) in [5.74, 6) is -4.90. The fraction of sp³-hybridized carbons (Fsp3) is 0.782. The standard InChI is InChI=1S/C42H70N4O10.C35H64N4O10.CH3.Pd/c1-39(2,3)53-35(48)28-43-20-22-44(29-36(49)54-40(4,5)6)24-26-46(27-25-45(23-21-43)30-37(50)55-41(7,8)9)33(38(51)56-42(10,11)12)18-19-34(47)52-31-32-16-14-13-15-17-32;1-32(2,3)46-28(42)23-36-15-17-37(24-29(43)47-33(4,5)6)19-21-39(26(13-14-27(40)41)31(45)49-35(10,11)12)22-20-38(18-16-36)25-30(44)48-34(7,8)9;;/h13-17,33H,18-31H2,1-12H3;26H,13-25H2,1-12H3,(H,40,41);1H3;/q;;-1;/t33-;26-;;/m11../s1. The molecule has 0 spiro atoms. The first-order chi connectivity index (χ1) is 48.0. The summed E-state index contributed by atoms with van der Waals surface area (Å²) in [6.45, 7) is 48.9. The number of carboxylic acid groups (broad SMARTS) is 1. The van der Waals surface area contributed by atoms with Gasteiger partial charge in [0, 0.05) is 138 Å². The van der Waals surface area contributed by atoms with Gasteiger partial charge in [0.2, 0.25) is 0 Å². The van der Waals surface area contributed by atoms with E-state index in [1.807, 2.05) is 132 Å². The van der Waals surface area contributed by atoms with E-state index in [4.69, 9.17) is 42.6 Å². The van der Waals surface area contributed by atoms with Gasteiger partial charge in [0.05, 0.1) is 39.3 Å². The van der Waals surface area contributed by atoms with Crippen LogP contribution in [0.3, 0.4) is 0 Å². The van der Waals surface area contributed by atoms with Crippen LogP contribution in [0.2, 0.25) is 0 Å². The van der Waals surface area contributed by atoms with Crippen molar-refractivity contribution in [2.75, 3.05) is 144 Å². The smallest absolute Gasteiger partial charge is 0.323 e. The molecule has 0 saturated carbocycles. The molecular weight excluding hydrogens is 1480 g/mol. The Kier molecular flexibility index (Phi) is 43.7. The average Bonchev–Trinajstić information content (AvgIpc) is 0.853. The summed E-state index contributed by atoms with van der Waals surface area (Å²) < 4.78 is 51.0. The normalized spacial score (nSPS) is 17.2. The molecule has 0 radical (unpaired) electrons. The first-order valence-corrected chi connectivity index (χ1v) is 37.0. The summed E-state index contributed by atoms with van der Waals surface area (Å²) in [4.78, 5) is 146. The SMILES string of the molecule is CC(C)(C)OC(=O)CN1CCN(CC(=O)OC(C)(C)C)CCN([C@H](CCC(=O)O)C(=O)OC(C)(C)C)CCN(CC(=O)OC(C)(C)C)CC1.CC(C)(C)OC(=O)CN1CCN(CC(=O)OC(C)(C)C)CCN([C@H](CCC(=O)OCc2ccccc2)C(=O)OC(C)(C)C)CCN(CC(=O)OC(C)(C)C)CC1.[CH3-].[Pd]. The van der Waals surface area contributed by atoms with E-state index in [2.05, 4.69) is 0 Å². The van der Waals surface area contributed by atoms with Gasteiger partial charge in [-0.2, -0.15) is 0 Å². The number of hydrogen-bond acceptors (Lipinski definition) is 27. The number of hydrogen-bond donors (Lipinski definition) is 1. The minimum absolute atomic E-state index is 0. The van der Waals surface area contributed by atoms with Crippen molar-refractivity contribution in [3.05, 3.63) is 43.3 Å². The van der Waals surface area contributed by atoms with Crippen LogP contribution in [-0.2, 0) is 118 Å². The van der Waals surface area contributed by atoms with E-state index in [9.17, 15) is 53.1 Å². The fourth-order valence-corrected chi connectivity index (χ4v) is 11.0. The van der Waals surface area contributed by atoms with E-state index in [1.165, 1.54) is 0 Å². The van der Waals surface area contributed by atoms with Crippen LogP contribution in [-0.4, -0.2) is 305 Å². The number of esters is 9. The number of aliphatic carboxylic acids is 1. The van der Waals surface area contributed by atoms with Crippen molar-refractivity contribution in [3.8, 4) is 0 Å². The van der Waals surface area contributed by atoms with Gasteiger partial charge in [-0.05, 0) is 185 Å². The molecule has 1 N–H and O–H groups in total. The maximum atomic E-state index is 14.0. The van der Waals surface area contributed by atoms with Crippen LogP contribution in [0.15, 0.2) is 30.3 Å². The summed E-state index contributed by atoms with van der Waals surface area (Å²) in [6, 6.07) is 7.65. The molecule has 29 heteroatoms. The second-order valence-corrected chi connectivity index (χ2v) is 35.0. The van der Waals surface area contributed by atoms with Crippen LogP contribution < -0.4 is 0 Å². The van der Waals surface area contributed by atoms with Crippen molar-refractivity contribution < 1.29 is 116 Å². The molecule has 0 amide bonds. The summed E-state index contributed by atoms with van der Waals surface area (Å²) in [5, 5.41) is 9.52. The third kappa shape index (κ3) is 51.4. The van der Waals surface area contributed by atoms with Crippen molar-refractivity contribution in [2.24, 2.45) is 0 Å². The van der Waals surface area contributed by atoms with E-state index in [1.54, 1.807) is 104 Å². The van der Waals surface area contributed by atoms with Gasteiger partial charge in [0.25, 0.3) is 0 Å². The van der Waals surface area contributed by atoms with Crippen molar-refractivity contribution in [2.45, 2.75) is 255 Å². The third-order valence-corrected chi connectivity index (χ3v) is 15.1. The Morgan fingerprint density at radius 3 is 0.729 bits per heavy atom. The van der Waals surface area contributed by atoms with Crippen LogP contribution in [0, 0.1) is 7.43 Å². The molecule has 0 aliphatic carbocycles. The zero-order valence-corrected chi connectivity index (χ0v) is 71.3. The van der Waals surface area contributed by atoms with Crippen LogP contribution in [0.5, 0.6) is 0 Å². The molecule has 2 heterocycles. The Labute approximate surface area is 654 Å². The van der Waals surface area contributed by atoms with Crippen molar-refractivity contribution in [1.29, 1.82) is 0 Å². The van der Waals surface area contributed by atoms with Gasteiger partial charge in [0.15, 0.2) is 0 Å². The van der Waals surface area contributed by atoms with Crippen molar-refractivity contribution >= 4 is 59.7 Å².